The molecule has 0 aliphatic carbocycles. The minimum absolute atomic E-state index is 0.689. The van der Waals surface area contributed by atoms with Crippen LogP contribution < -0.4 is 5.32 Å². The van der Waals surface area contributed by atoms with Crippen LogP contribution in [0.1, 0.15) is 6.42 Å². The van der Waals surface area contributed by atoms with Crippen molar-refractivity contribution < 1.29 is 243 Å². The summed E-state index contributed by atoms with van der Waals surface area (Å²) in [6.45, 7) is -9.87. The monoisotopic (exact) mass is 1620 g/mol. The van der Waals surface area contributed by atoms with Crippen LogP contribution >= 0.6 is 0 Å². The third-order valence-corrected chi connectivity index (χ3v) is 21.1. The van der Waals surface area contributed by atoms with Gasteiger partial charge in [0.1, 0.15) is 226 Å². The number of rotatable bonds is 15. The second-order valence-corrected chi connectivity index (χ2v) is 28.2. The van der Waals surface area contributed by atoms with E-state index >= 15 is 0 Å². The highest BCUT2D eigenvalue weighted by molar-refractivity contribution is 5.82. The van der Waals surface area contributed by atoms with E-state index in [1.807, 2.05) is 0 Å². The van der Waals surface area contributed by atoms with Crippen LogP contribution in [0.15, 0.2) is 0 Å². The molecule has 24 rings (SSSR count). The maximum absolute atomic E-state index is 13.5. The maximum atomic E-state index is 13.5. The van der Waals surface area contributed by atoms with Gasteiger partial charge in [0.2, 0.25) is 0 Å². The van der Waals surface area contributed by atoms with Gasteiger partial charge >= 0.3 is 0 Å². The molecule has 24 fully saturated rings. The lowest BCUT2D eigenvalue weighted by atomic mass is 9.95. The summed E-state index contributed by atoms with van der Waals surface area (Å²) in [6, 6.07) is -1.85. The Hall–Kier alpha value is -2.45. The van der Waals surface area contributed by atoms with E-state index in [9.17, 15) is 153 Å². The summed E-state index contributed by atoms with van der Waals surface area (Å²) in [6.07, 6.45) is -102. The van der Waals surface area contributed by atoms with Crippen LogP contribution in [0, 0.1) is 0 Å². The lowest BCUT2D eigenvalue weighted by molar-refractivity contribution is -0.399. The lowest BCUT2D eigenvalue weighted by Crippen LogP contribution is -2.68. The fourth-order valence-electron chi connectivity index (χ4n) is 14.7. The number of hydrogen-bond donors (Lipinski definition) is 30. The third kappa shape index (κ3) is 17.8. The zero-order chi connectivity index (χ0) is 80.1. The molecular weight excluding hydrogens is 1520 g/mol. The van der Waals surface area contributed by atoms with Crippen molar-refractivity contribution in [3.8, 4) is 0 Å². The molecule has 14 bridgehead atoms. The summed E-state index contributed by atoms with van der Waals surface area (Å²) < 4.78 is 109. The molecule has 30 N–H and O–H groups in total. The first kappa shape index (κ1) is 88.4. The highest BCUT2D eigenvalue weighted by atomic mass is 16.8. The zero-order valence-electron chi connectivity index (χ0n) is 57.5. The molecule has 24 heterocycles. The van der Waals surface area contributed by atoms with Gasteiger partial charge < -0.3 is 243 Å². The van der Waals surface area contributed by atoms with Crippen molar-refractivity contribution in [2.75, 3.05) is 59.5 Å². The van der Waals surface area contributed by atoms with Crippen molar-refractivity contribution in [1.82, 2.24) is 5.32 Å². The standard InChI is InChI=1S/C60H99NO49/c62-2-13-12(94-53-34(82)25(73)26(74)49(110-53)50(90)61-22-24(72)23(71)14(3-63)93-51(22)91)1-11(70)52(95-13)92-10-21-48-33(81)41(89)60(102-21)108-47-20(9-69)100-58(39(87)31(47)79)106-45-18(7-67)98-56(37(85)29(45)77)104-43-16(5-65)96-54(35(83)27(43)75)103-42-15(4-64)97-55(36(84)28(42)76)105-44-17(6-66)99-57(38(86)30(44)78)107-46-19(8-68)101-59(109-48)40(88)32(46)80/h11-49,51-60,62-89,91H,1-10H2,(H,61,90)/t11-,12+,13-,14-,15-,16-,17-,18-,19-,20-,21-,22+,23-,24-,25+,26+,27-,28-,29-,30-,31-,32-,33-,34-,35-,36-,37-,38-,39-,40-,41-,42-,43-,44-,45-,46-,47-,48-,49+,51?,52?,53+,54-,55-,56-,57-,58?,59-,60-/m1/s1. The zero-order valence-corrected chi connectivity index (χ0v) is 57.5. The van der Waals surface area contributed by atoms with Crippen molar-refractivity contribution in [3.05, 3.63) is 0 Å². The van der Waals surface area contributed by atoms with Gasteiger partial charge in [0.15, 0.2) is 69.0 Å². The van der Waals surface area contributed by atoms with E-state index in [-0.39, 0.29) is 0 Å². The SMILES string of the molecule is O=C(N[C@@H]1C(O)O[C@H](CO)[C@@H](O)[C@@H]1O)[C@H]1O[C@H](O[C@H]2C[C@@H](O)C(OC[C@H]3O[C@@H]4O[C@H]5[C@H](O)[C@@H](O)C(O[C@H]6[C@H](O)[C@@H](O)[C@@H](O[C@H]7[C@H](O)[C@@H](O)[C@@H](O[C@H]8[C@H](O)[C@@H](O)[C@@H](O[C@H]9[C@H](O)[C@@H](O)[C@@H](O[C@H]%10[C@H](O)[C@@H](O)[C@@H](O[C@H]3[C@H](O)[C@H]4O)O[C@@H]%10CO)O[C@@H]9CO)O[C@@H]8CO)O[C@@H]7CO)O[C@@H]6CO)O[C@@H]5CO)O[C@@H]2CO)[C@H](O)[C@@H](O)[C@@H]1O. The van der Waals surface area contributed by atoms with Crippen molar-refractivity contribution in [3.63, 3.8) is 0 Å². The average Bonchev–Trinajstić information content (AvgIpc) is 0.765. The maximum Gasteiger partial charge on any atom is 0.252 e. The summed E-state index contributed by atoms with van der Waals surface area (Å²) in [4.78, 5) is 13.5. The summed E-state index contributed by atoms with van der Waals surface area (Å²) in [5.74, 6) is -1.40. The van der Waals surface area contributed by atoms with Crippen molar-refractivity contribution >= 4 is 5.91 Å². The van der Waals surface area contributed by atoms with Crippen LogP contribution in [0.2, 0.25) is 0 Å². The molecule has 24 aliphatic heterocycles. The van der Waals surface area contributed by atoms with Gasteiger partial charge in [-0.25, -0.2) is 0 Å². The van der Waals surface area contributed by atoms with Gasteiger partial charge in [0.05, 0.1) is 65.6 Å². The Balaban J connectivity index is 0.848. The molecule has 110 heavy (non-hydrogen) atoms. The van der Waals surface area contributed by atoms with Gasteiger partial charge in [-0.1, -0.05) is 0 Å². The summed E-state index contributed by atoms with van der Waals surface area (Å²) in [5.41, 5.74) is 0. The van der Waals surface area contributed by atoms with Gasteiger partial charge in [0.25, 0.3) is 5.91 Å². The largest absolute Gasteiger partial charge is 0.394 e. The molecular formula is C60H99NO49. The van der Waals surface area contributed by atoms with E-state index < -0.39 is 373 Å². The van der Waals surface area contributed by atoms with Crippen LogP contribution in [0.25, 0.3) is 0 Å². The Labute approximate surface area is 619 Å². The molecule has 0 aromatic rings. The lowest BCUT2D eigenvalue weighted by Gasteiger charge is -2.50. The summed E-state index contributed by atoms with van der Waals surface area (Å²) >= 11 is 0. The van der Waals surface area contributed by atoms with E-state index in [4.69, 9.17) is 90.0 Å². The Morgan fingerprint density at radius 3 is 0.864 bits per heavy atom. The Morgan fingerprint density at radius 2 is 0.564 bits per heavy atom. The average molecular weight is 1620 g/mol. The first-order chi connectivity index (χ1) is 52.3. The number of hydrogen-bond acceptors (Lipinski definition) is 49. The number of carbonyl (C=O) groups is 1. The van der Waals surface area contributed by atoms with Gasteiger partial charge in [-0.15, -0.1) is 0 Å². The number of ether oxygens (including phenoxy) is 19. The Morgan fingerprint density at radius 1 is 0.273 bits per heavy atom. The molecule has 1 amide bonds. The topological polar surface area (TPSA) is 791 Å². The van der Waals surface area contributed by atoms with E-state index in [1.54, 1.807) is 0 Å². The molecule has 0 aromatic heterocycles. The van der Waals surface area contributed by atoms with E-state index in [0.29, 0.717) is 0 Å². The predicted octanol–water partition coefficient (Wildman–Crippen LogP) is -21.6. The number of carbonyl (C=O) groups excluding carboxylic acids is 1. The van der Waals surface area contributed by atoms with E-state index in [1.165, 1.54) is 0 Å². The highest BCUT2D eigenvalue weighted by Gasteiger charge is 2.61. The number of aliphatic hydroxyl groups is 29. The number of nitrogens with one attached hydrogen (secondary N) is 1. The van der Waals surface area contributed by atoms with Gasteiger partial charge in [-0.2, -0.15) is 0 Å². The molecule has 0 saturated carbocycles. The molecule has 50 heteroatoms. The van der Waals surface area contributed by atoms with Crippen LogP contribution in [-0.2, 0) is 94.8 Å². The predicted molar refractivity (Wildman–Crippen MR) is 327 cm³/mol. The normalized spacial score (nSPS) is 54.3. The van der Waals surface area contributed by atoms with E-state index in [0.717, 1.165) is 0 Å². The summed E-state index contributed by atoms with van der Waals surface area (Å²) in [5, 5.41) is 324. The first-order valence-corrected chi connectivity index (χ1v) is 35.2. The molecule has 638 valence electrons. The fraction of sp³-hybridized carbons (Fsp3) is 0.983. The fourth-order valence-corrected chi connectivity index (χ4v) is 14.7. The Bertz CT molecular complexity index is 2850. The second-order valence-electron chi connectivity index (χ2n) is 28.2. The molecule has 50 nitrogen and oxygen atoms in total. The van der Waals surface area contributed by atoms with Gasteiger partial charge in [-0.05, 0) is 0 Å². The van der Waals surface area contributed by atoms with Crippen molar-refractivity contribution in [2.24, 2.45) is 0 Å². The number of aliphatic hydroxyl groups excluding tert-OH is 29. The highest BCUT2D eigenvalue weighted by Crippen LogP contribution is 2.41. The second kappa shape index (κ2) is 37.7. The molecule has 0 radical (unpaired) electrons. The van der Waals surface area contributed by atoms with Crippen LogP contribution in [-0.4, -0.2) is 514 Å². The van der Waals surface area contributed by atoms with Crippen molar-refractivity contribution in [2.45, 2.75) is 307 Å². The molecule has 0 spiro atoms. The van der Waals surface area contributed by atoms with E-state index in [2.05, 4.69) is 5.32 Å². The molecule has 24 aliphatic rings. The van der Waals surface area contributed by atoms with Crippen LogP contribution in [0.4, 0.5) is 0 Å². The smallest absolute Gasteiger partial charge is 0.252 e. The molecule has 3 unspecified atom stereocenters. The van der Waals surface area contributed by atoms with Crippen molar-refractivity contribution in [1.29, 1.82) is 0 Å². The third-order valence-electron chi connectivity index (χ3n) is 21.1. The summed E-state index contributed by atoms with van der Waals surface area (Å²) in [7, 11) is 0. The Kier molecular flexibility index (Phi) is 30.2. The van der Waals surface area contributed by atoms with Gasteiger partial charge in [-0.3, -0.25) is 4.79 Å². The molecule has 24 saturated heterocycles. The minimum atomic E-state index is -2.45. The quantitative estimate of drug-likeness (QED) is 0.0724. The number of amides is 1. The van der Waals surface area contributed by atoms with Crippen LogP contribution in [0.3, 0.4) is 0 Å². The first-order valence-electron chi connectivity index (χ1n) is 35.2. The minimum Gasteiger partial charge on any atom is -0.394 e. The molecule has 0 aromatic carbocycles. The molecule has 49 atom stereocenters. The van der Waals surface area contributed by atoms with Gasteiger partial charge in [0, 0.05) is 6.42 Å². The van der Waals surface area contributed by atoms with Crippen LogP contribution in [0.5, 0.6) is 0 Å².